The summed E-state index contributed by atoms with van der Waals surface area (Å²) in [7, 11) is 3.51. The monoisotopic (exact) mass is 362 g/mol. The summed E-state index contributed by atoms with van der Waals surface area (Å²) in [6.07, 6.45) is 0. The molecule has 1 amide bonds. The lowest BCUT2D eigenvalue weighted by Gasteiger charge is -2.16. The van der Waals surface area contributed by atoms with Crippen molar-refractivity contribution >= 4 is 17.5 Å². The number of carbonyl (C=O) groups excluding carboxylic acids is 1. The zero-order valence-electron chi connectivity index (χ0n) is 14.5. The van der Waals surface area contributed by atoms with E-state index in [1.807, 2.05) is 48.3 Å². The summed E-state index contributed by atoms with van der Waals surface area (Å²) in [5.41, 5.74) is 1.03. The highest BCUT2D eigenvalue weighted by Crippen LogP contribution is 2.16. The second-order valence-corrected chi connectivity index (χ2v) is 6.10. The van der Waals surface area contributed by atoms with E-state index in [9.17, 15) is 4.79 Å². The number of amides is 1. The van der Waals surface area contributed by atoms with Crippen LogP contribution in [0.2, 0.25) is 5.02 Å². The molecule has 0 aliphatic rings. The van der Waals surface area contributed by atoms with Gasteiger partial charge in [0.25, 0.3) is 0 Å². The highest BCUT2D eigenvalue weighted by molar-refractivity contribution is 6.30. The molecule has 0 aliphatic carbocycles. The number of rotatable bonds is 9. The summed E-state index contributed by atoms with van der Waals surface area (Å²) in [4.78, 5) is 13.9. The Labute approximate surface area is 153 Å². The molecule has 0 aliphatic heterocycles. The minimum atomic E-state index is -0.0268. The fourth-order valence-electron chi connectivity index (χ4n) is 2.20. The molecule has 134 valence electrons. The molecule has 0 aromatic heterocycles. The van der Waals surface area contributed by atoms with Crippen LogP contribution in [0, 0.1) is 0 Å². The normalized spacial score (nSPS) is 10.6. The summed E-state index contributed by atoms with van der Waals surface area (Å²) >= 11 is 5.91. The van der Waals surface area contributed by atoms with Gasteiger partial charge >= 0.3 is 0 Å². The fraction of sp³-hybridized carbons (Fsp3) is 0.316. The van der Waals surface area contributed by atoms with Gasteiger partial charge in [0.2, 0.25) is 5.91 Å². The summed E-state index contributed by atoms with van der Waals surface area (Å²) in [5, 5.41) is 3.55. The number of halogens is 1. The Balaban J connectivity index is 1.65. The van der Waals surface area contributed by atoms with Crippen molar-refractivity contribution in [2.45, 2.75) is 6.54 Å². The summed E-state index contributed by atoms with van der Waals surface area (Å²) < 4.78 is 10.7. The smallest absolute Gasteiger partial charge is 0.234 e. The fourth-order valence-corrected chi connectivity index (χ4v) is 2.38. The van der Waals surface area contributed by atoms with Crippen LogP contribution >= 0.6 is 11.6 Å². The van der Waals surface area contributed by atoms with Gasteiger partial charge < -0.3 is 14.8 Å². The lowest BCUT2D eigenvalue weighted by atomic mass is 10.2. The Kier molecular flexibility index (Phi) is 7.57. The second kappa shape index (κ2) is 9.91. The van der Waals surface area contributed by atoms with Crippen molar-refractivity contribution < 1.29 is 14.3 Å². The van der Waals surface area contributed by atoms with Crippen LogP contribution in [0.1, 0.15) is 5.56 Å². The molecular weight excluding hydrogens is 340 g/mol. The number of hydrogen-bond donors (Lipinski definition) is 1. The van der Waals surface area contributed by atoms with Crippen LogP contribution in [0.25, 0.3) is 0 Å². The van der Waals surface area contributed by atoms with Crippen molar-refractivity contribution in [1.82, 2.24) is 10.2 Å². The van der Waals surface area contributed by atoms with Gasteiger partial charge in [0.15, 0.2) is 0 Å². The Bertz CT molecular complexity index is 677. The summed E-state index contributed by atoms with van der Waals surface area (Å²) in [5.74, 6) is 1.50. The molecule has 0 heterocycles. The van der Waals surface area contributed by atoms with Gasteiger partial charge in [-0.15, -0.1) is 0 Å². The second-order valence-electron chi connectivity index (χ2n) is 5.67. The molecule has 1 N–H and O–H groups in total. The minimum absolute atomic E-state index is 0.0268. The van der Waals surface area contributed by atoms with Crippen LogP contribution in [0.5, 0.6) is 11.5 Å². The summed E-state index contributed by atoms with van der Waals surface area (Å²) in [6.45, 7) is 1.94. The van der Waals surface area contributed by atoms with Crippen molar-refractivity contribution in [3.8, 4) is 11.5 Å². The number of methoxy groups -OCH3 is 1. The first-order chi connectivity index (χ1) is 12.1. The molecule has 2 aromatic carbocycles. The Morgan fingerprint density at radius 1 is 1.16 bits per heavy atom. The van der Waals surface area contributed by atoms with E-state index in [2.05, 4.69) is 5.32 Å². The Morgan fingerprint density at radius 2 is 1.92 bits per heavy atom. The number of benzene rings is 2. The maximum atomic E-state index is 12.0. The van der Waals surface area contributed by atoms with Gasteiger partial charge in [-0.1, -0.05) is 29.8 Å². The predicted molar refractivity (Wildman–Crippen MR) is 99.3 cm³/mol. The van der Waals surface area contributed by atoms with Gasteiger partial charge in [-0.05, 0) is 42.9 Å². The molecule has 0 bridgehead atoms. The van der Waals surface area contributed by atoms with Crippen molar-refractivity contribution in [1.29, 1.82) is 0 Å². The molecule has 2 rings (SSSR count). The first-order valence-corrected chi connectivity index (χ1v) is 8.41. The zero-order chi connectivity index (χ0) is 18.1. The van der Waals surface area contributed by atoms with Gasteiger partial charge in [-0.2, -0.15) is 0 Å². The van der Waals surface area contributed by atoms with E-state index in [0.717, 1.165) is 17.1 Å². The van der Waals surface area contributed by atoms with Crippen molar-refractivity contribution in [2.75, 3.05) is 33.9 Å². The summed E-state index contributed by atoms with van der Waals surface area (Å²) in [6, 6.07) is 14.9. The van der Waals surface area contributed by atoms with Crippen molar-refractivity contribution in [3.63, 3.8) is 0 Å². The van der Waals surface area contributed by atoms with Gasteiger partial charge in [0.05, 0.1) is 13.7 Å². The molecule has 0 saturated heterocycles. The van der Waals surface area contributed by atoms with Crippen molar-refractivity contribution in [3.05, 3.63) is 59.1 Å². The quantitative estimate of drug-likeness (QED) is 0.745. The van der Waals surface area contributed by atoms with E-state index in [-0.39, 0.29) is 5.91 Å². The molecule has 0 radical (unpaired) electrons. The standard InChI is InChI=1S/C19H23ClN2O3/c1-22(10-11-25-18-5-3-4-16(20)12-18)14-19(23)21-13-15-6-8-17(24-2)9-7-15/h3-9,12H,10-11,13-14H2,1-2H3,(H,21,23). The number of nitrogens with zero attached hydrogens (tertiary/aromatic N) is 1. The van der Waals surface area contributed by atoms with Gasteiger partial charge in [-0.25, -0.2) is 0 Å². The highest BCUT2D eigenvalue weighted by Gasteiger charge is 2.07. The first kappa shape index (κ1) is 19.1. The van der Waals surface area contributed by atoms with E-state index in [1.165, 1.54) is 0 Å². The van der Waals surface area contributed by atoms with E-state index in [1.54, 1.807) is 19.2 Å². The zero-order valence-corrected chi connectivity index (χ0v) is 15.3. The van der Waals surface area contributed by atoms with Crippen LogP contribution in [0.4, 0.5) is 0 Å². The van der Waals surface area contributed by atoms with E-state index >= 15 is 0 Å². The topological polar surface area (TPSA) is 50.8 Å². The maximum Gasteiger partial charge on any atom is 0.234 e. The molecule has 0 unspecified atom stereocenters. The molecular formula is C19H23ClN2O3. The van der Waals surface area contributed by atoms with E-state index in [0.29, 0.717) is 31.3 Å². The average molecular weight is 363 g/mol. The van der Waals surface area contributed by atoms with Crippen molar-refractivity contribution in [2.24, 2.45) is 0 Å². The predicted octanol–water partition coefficient (Wildman–Crippen LogP) is 2.98. The van der Waals surface area contributed by atoms with Crippen LogP contribution in [0.3, 0.4) is 0 Å². The lowest BCUT2D eigenvalue weighted by Crippen LogP contribution is -2.36. The minimum Gasteiger partial charge on any atom is -0.497 e. The van der Waals surface area contributed by atoms with E-state index in [4.69, 9.17) is 21.1 Å². The van der Waals surface area contributed by atoms with E-state index < -0.39 is 0 Å². The van der Waals surface area contributed by atoms with Crippen LogP contribution in [-0.2, 0) is 11.3 Å². The molecule has 2 aromatic rings. The third-order valence-corrected chi connectivity index (χ3v) is 3.84. The molecule has 5 nitrogen and oxygen atoms in total. The third kappa shape index (κ3) is 7.03. The molecule has 0 atom stereocenters. The molecule has 0 spiro atoms. The maximum absolute atomic E-state index is 12.0. The Morgan fingerprint density at radius 3 is 2.60 bits per heavy atom. The molecule has 0 saturated carbocycles. The number of hydrogen-bond acceptors (Lipinski definition) is 4. The number of ether oxygens (including phenoxy) is 2. The number of carbonyl (C=O) groups is 1. The Hall–Kier alpha value is -2.24. The van der Waals surface area contributed by atoms with Gasteiger partial charge in [0, 0.05) is 18.1 Å². The molecule has 25 heavy (non-hydrogen) atoms. The molecule has 0 fully saturated rings. The largest absolute Gasteiger partial charge is 0.497 e. The lowest BCUT2D eigenvalue weighted by molar-refractivity contribution is -0.122. The van der Waals surface area contributed by atoms with Gasteiger partial charge in [0.1, 0.15) is 18.1 Å². The highest BCUT2D eigenvalue weighted by atomic mass is 35.5. The van der Waals surface area contributed by atoms with Crippen LogP contribution < -0.4 is 14.8 Å². The average Bonchev–Trinajstić information content (AvgIpc) is 2.60. The van der Waals surface area contributed by atoms with Crippen LogP contribution in [-0.4, -0.2) is 44.7 Å². The van der Waals surface area contributed by atoms with Crippen LogP contribution in [0.15, 0.2) is 48.5 Å². The van der Waals surface area contributed by atoms with Gasteiger partial charge in [-0.3, -0.25) is 9.69 Å². The first-order valence-electron chi connectivity index (χ1n) is 8.03. The SMILES string of the molecule is COc1ccc(CNC(=O)CN(C)CCOc2cccc(Cl)c2)cc1. The number of likely N-dealkylation sites (N-methyl/N-ethyl adjacent to an activating group) is 1. The number of nitrogens with one attached hydrogen (secondary N) is 1. The molecule has 6 heteroatoms. The third-order valence-electron chi connectivity index (χ3n) is 3.60.